The first-order chi connectivity index (χ1) is 15.7. The van der Waals surface area contributed by atoms with Crippen molar-refractivity contribution in [3.8, 4) is 5.75 Å². The highest BCUT2D eigenvalue weighted by Gasteiger charge is 2.33. The maximum atomic E-state index is 13.5. The van der Waals surface area contributed by atoms with E-state index in [1.54, 1.807) is 23.6 Å². The van der Waals surface area contributed by atoms with Crippen LogP contribution in [0.25, 0.3) is 0 Å². The number of hydrogen-bond acceptors (Lipinski definition) is 6. The number of carboxylic acid groups (broad SMARTS) is 1. The lowest BCUT2D eigenvalue weighted by Crippen LogP contribution is -2.37. The van der Waals surface area contributed by atoms with E-state index >= 15 is 0 Å². The number of carbonyl (C=O) groups is 1. The largest absolute Gasteiger partial charge is 0.487 e. The van der Waals surface area contributed by atoms with E-state index in [1.165, 1.54) is 16.1 Å². The number of carboxylic acids is 1. The quantitative estimate of drug-likeness (QED) is 0.490. The average Bonchev–Trinajstić information content (AvgIpc) is 3.44. The van der Waals surface area contributed by atoms with Crippen LogP contribution in [0.3, 0.4) is 0 Å². The van der Waals surface area contributed by atoms with Gasteiger partial charge in [0.25, 0.3) is 10.0 Å². The first-order valence-corrected chi connectivity index (χ1v) is 13.1. The van der Waals surface area contributed by atoms with Crippen molar-refractivity contribution in [3.63, 3.8) is 0 Å². The molecule has 3 aromatic rings. The van der Waals surface area contributed by atoms with Crippen LogP contribution in [0, 0.1) is 6.92 Å². The Labute approximate surface area is 197 Å². The molecule has 0 atom stereocenters. The van der Waals surface area contributed by atoms with Crippen molar-refractivity contribution < 1.29 is 23.1 Å². The molecule has 0 saturated carbocycles. The van der Waals surface area contributed by atoms with Crippen LogP contribution in [0.1, 0.15) is 52.9 Å². The summed E-state index contributed by atoms with van der Waals surface area (Å²) in [4.78, 5) is 15.3. The van der Waals surface area contributed by atoms with Crippen molar-refractivity contribution in [1.82, 2.24) is 4.98 Å². The highest BCUT2D eigenvalue weighted by Crippen LogP contribution is 2.40. The van der Waals surface area contributed by atoms with Gasteiger partial charge in [-0.15, -0.1) is 11.3 Å². The van der Waals surface area contributed by atoms with Crippen molar-refractivity contribution in [2.75, 3.05) is 4.31 Å². The molecule has 2 aromatic carbocycles. The number of fused-ring (bicyclic) bond motifs is 1. The third-order valence-corrected chi connectivity index (χ3v) is 8.91. The maximum Gasteiger partial charge on any atom is 0.335 e. The molecule has 1 N–H and O–H groups in total. The smallest absolute Gasteiger partial charge is 0.335 e. The lowest BCUT2D eigenvalue weighted by atomic mass is 10.1. The van der Waals surface area contributed by atoms with Crippen LogP contribution in [0.15, 0.2) is 46.2 Å². The van der Waals surface area contributed by atoms with E-state index in [0.29, 0.717) is 11.4 Å². The van der Waals surface area contributed by atoms with Gasteiger partial charge in [-0.25, -0.2) is 9.78 Å². The van der Waals surface area contributed by atoms with Gasteiger partial charge in [0.1, 0.15) is 12.4 Å². The van der Waals surface area contributed by atoms with Gasteiger partial charge in [-0.2, -0.15) is 8.42 Å². The molecule has 0 amide bonds. The van der Waals surface area contributed by atoms with Crippen LogP contribution in [0.2, 0.25) is 0 Å². The molecule has 0 saturated heterocycles. The van der Waals surface area contributed by atoms with Crippen molar-refractivity contribution in [1.29, 1.82) is 0 Å². The van der Waals surface area contributed by atoms with Gasteiger partial charge in [0.15, 0.2) is 0 Å². The Morgan fingerprint density at radius 1 is 1.21 bits per heavy atom. The zero-order valence-electron chi connectivity index (χ0n) is 18.7. The van der Waals surface area contributed by atoms with Crippen LogP contribution in [0.5, 0.6) is 5.75 Å². The molecule has 1 aromatic heterocycles. The number of aromatic nitrogens is 1. The lowest BCUT2D eigenvalue weighted by Gasteiger charge is -2.29. The maximum absolute atomic E-state index is 13.5. The Morgan fingerprint density at radius 2 is 1.94 bits per heavy atom. The summed E-state index contributed by atoms with van der Waals surface area (Å²) in [6, 6.07) is 8.42. The van der Waals surface area contributed by atoms with Crippen molar-refractivity contribution in [2.45, 2.75) is 57.0 Å². The molecule has 4 rings (SSSR count). The molecule has 1 aliphatic rings. The van der Waals surface area contributed by atoms with Crippen LogP contribution < -0.4 is 9.04 Å². The Hall–Kier alpha value is -2.91. The van der Waals surface area contributed by atoms with Gasteiger partial charge in [0, 0.05) is 17.6 Å². The normalized spacial score (nSPS) is 13.2. The van der Waals surface area contributed by atoms with E-state index in [4.69, 9.17) is 4.74 Å². The number of thiazole rings is 1. The number of sulfonamides is 1. The molecular weight excluding hydrogens is 460 g/mol. The zero-order chi connectivity index (χ0) is 23.8. The molecule has 0 spiro atoms. The molecule has 1 aliphatic carbocycles. The number of anilines is 1. The van der Waals surface area contributed by atoms with Gasteiger partial charge in [0.2, 0.25) is 4.34 Å². The highest BCUT2D eigenvalue weighted by atomic mass is 32.2. The minimum Gasteiger partial charge on any atom is -0.487 e. The van der Waals surface area contributed by atoms with Crippen molar-refractivity contribution in [3.05, 3.63) is 69.7 Å². The summed E-state index contributed by atoms with van der Waals surface area (Å²) in [5.41, 5.74) is 4.66. The minimum absolute atomic E-state index is 0.0442. The third-order valence-electron chi connectivity index (χ3n) is 5.74. The summed E-state index contributed by atoms with van der Waals surface area (Å²) in [7, 11) is -3.86. The number of aromatic carboxylic acids is 1. The van der Waals surface area contributed by atoms with Gasteiger partial charge in [0.05, 0.1) is 11.3 Å². The van der Waals surface area contributed by atoms with Crippen LogP contribution in [-0.2, 0) is 29.5 Å². The minimum atomic E-state index is -3.86. The summed E-state index contributed by atoms with van der Waals surface area (Å²) < 4.78 is 34.6. The monoisotopic (exact) mass is 486 g/mol. The summed E-state index contributed by atoms with van der Waals surface area (Å²) >= 11 is 1.09. The third kappa shape index (κ3) is 4.60. The van der Waals surface area contributed by atoms with Gasteiger partial charge in [-0.3, -0.25) is 4.31 Å². The Balaban J connectivity index is 1.74. The van der Waals surface area contributed by atoms with Gasteiger partial charge >= 0.3 is 5.97 Å². The Morgan fingerprint density at radius 3 is 2.55 bits per heavy atom. The fourth-order valence-corrected chi connectivity index (χ4v) is 6.70. The van der Waals surface area contributed by atoms with E-state index in [2.05, 4.69) is 4.98 Å². The fraction of sp³-hybridized carbons (Fsp3) is 0.333. The first kappa shape index (κ1) is 23.3. The molecule has 0 unspecified atom stereocenters. The zero-order valence-corrected chi connectivity index (χ0v) is 20.4. The summed E-state index contributed by atoms with van der Waals surface area (Å²) in [6.07, 6.45) is 4.34. The number of ether oxygens (including phenoxy) is 1. The summed E-state index contributed by atoms with van der Waals surface area (Å²) in [6.45, 7) is 5.69. The predicted octanol–water partition coefficient (Wildman–Crippen LogP) is 4.82. The van der Waals surface area contributed by atoms with E-state index in [9.17, 15) is 18.3 Å². The number of benzene rings is 2. The second kappa shape index (κ2) is 9.15. The second-order valence-corrected chi connectivity index (χ2v) is 11.3. The Kier molecular flexibility index (Phi) is 6.45. The molecule has 0 radical (unpaired) electrons. The molecule has 0 bridgehead atoms. The molecule has 33 heavy (non-hydrogen) atoms. The number of nitrogens with zero attached hydrogens (tertiary/aromatic N) is 2. The lowest BCUT2D eigenvalue weighted by molar-refractivity contribution is 0.0696. The van der Waals surface area contributed by atoms with Crippen LogP contribution >= 0.6 is 11.3 Å². The van der Waals surface area contributed by atoms with Gasteiger partial charge < -0.3 is 9.84 Å². The number of hydrogen-bond donors (Lipinski definition) is 1. The second-order valence-electron chi connectivity index (χ2n) is 8.37. The van der Waals surface area contributed by atoms with E-state index in [1.807, 2.05) is 32.9 Å². The molecule has 0 aliphatic heterocycles. The van der Waals surface area contributed by atoms with Gasteiger partial charge in [-0.05, 0) is 86.6 Å². The first-order valence-electron chi connectivity index (χ1n) is 10.7. The molecule has 1 heterocycles. The number of rotatable bonds is 8. The topological polar surface area (TPSA) is 96.8 Å². The molecule has 7 nitrogen and oxygen atoms in total. The SMILES string of the molecule is Cc1cc(C(=O)O)ccc1COc1cc2c(cc1N(C(C)C)S(=O)(=O)c1nccs1)CCC2. The summed E-state index contributed by atoms with van der Waals surface area (Å²) in [5, 5.41) is 10.9. The van der Waals surface area contributed by atoms with Crippen molar-refractivity contribution in [2.24, 2.45) is 0 Å². The highest BCUT2D eigenvalue weighted by molar-refractivity contribution is 7.94. The molecule has 0 fully saturated rings. The fourth-order valence-electron chi connectivity index (χ4n) is 4.13. The van der Waals surface area contributed by atoms with Crippen LogP contribution in [0.4, 0.5) is 5.69 Å². The van der Waals surface area contributed by atoms with Crippen LogP contribution in [-0.4, -0.2) is 30.5 Å². The summed E-state index contributed by atoms with van der Waals surface area (Å²) in [5.74, 6) is -0.488. The van der Waals surface area contributed by atoms with E-state index < -0.39 is 16.0 Å². The van der Waals surface area contributed by atoms with Crippen molar-refractivity contribution >= 4 is 33.0 Å². The van der Waals surface area contributed by atoms with E-state index in [0.717, 1.165) is 47.3 Å². The van der Waals surface area contributed by atoms with E-state index in [-0.39, 0.29) is 22.6 Å². The standard InChI is InChI=1S/C24H26N2O5S2/c1-15(2)26(33(29,30)24-25-9-10-32-24)21-12-17-5-4-6-18(17)13-22(21)31-14-20-8-7-19(23(27)28)11-16(20)3/h7-13,15H,4-6,14H2,1-3H3,(H,27,28). The predicted molar refractivity (Wildman–Crippen MR) is 128 cm³/mol. The number of aryl methyl sites for hydroxylation is 3. The molecule has 9 heteroatoms. The molecule has 174 valence electrons. The molecular formula is C24H26N2O5S2. The van der Waals surface area contributed by atoms with Gasteiger partial charge in [-0.1, -0.05) is 6.07 Å². The Bertz CT molecular complexity index is 1280. The average molecular weight is 487 g/mol.